The van der Waals surface area contributed by atoms with Crippen LogP contribution in [-0.2, 0) is 21.2 Å². The monoisotopic (exact) mass is 472 g/mol. The average Bonchev–Trinajstić information content (AvgIpc) is 3.46. The standard InChI is InChI=1S/C21H17FN4O4S2/c22-17-6-1-2-7-18(17)26-32(28,29)16-5-3-4-15(12-16)23-19(27)8-9-20-24-21(25-30-20)14-10-11-31-13-14/h1-7,10-13,26H,8-9H2,(H,23,27). The fraction of sp³-hybridized carbons (Fsp3) is 0.0952. The van der Waals surface area contributed by atoms with Gasteiger partial charge in [0, 0.05) is 29.5 Å². The zero-order chi connectivity index (χ0) is 22.6. The van der Waals surface area contributed by atoms with Crippen LogP contribution in [0.5, 0.6) is 0 Å². The van der Waals surface area contributed by atoms with Crippen LogP contribution in [0.2, 0.25) is 0 Å². The Kier molecular flexibility index (Phi) is 6.28. The molecule has 2 heterocycles. The van der Waals surface area contributed by atoms with Crippen LogP contribution in [0.1, 0.15) is 12.3 Å². The first-order valence-corrected chi connectivity index (χ1v) is 11.9. The van der Waals surface area contributed by atoms with Gasteiger partial charge < -0.3 is 9.84 Å². The fourth-order valence-electron chi connectivity index (χ4n) is 2.80. The number of benzene rings is 2. The van der Waals surface area contributed by atoms with Crippen LogP contribution in [0.25, 0.3) is 11.4 Å². The van der Waals surface area contributed by atoms with Gasteiger partial charge in [-0.25, -0.2) is 12.8 Å². The van der Waals surface area contributed by atoms with Gasteiger partial charge in [0.15, 0.2) is 0 Å². The van der Waals surface area contributed by atoms with Gasteiger partial charge in [-0.2, -0.15) is 16.3 Å². The van der Waals surface area contributed by atoms with Crippen molar-refractivity contribution in [2.75, 3.05) is 10.0 Å². The van der Waals surface area contributed by atoms with Crippen molar-refractivity contribution >= 4 is 38.6 Å². The minimum absolute atomic E-state index is 0.0652. The molecule has 0 fully saturated rings. The van der Waals surface area contributed by atoms with Crippen LogP contribution < -0.4 is 10.0 Å². The summed E-state index contributed by atoms with van der Waals surface area (Å²) in [5.41, 5.74) is 0.968. The lowest BCUT2D eigenvalue weighted by Gasteiger charge is -2.10. The SMILES string of the molecule is O=C(CCc1nc(-c2ccsc2)no1)Nc1cccc(S(=O)(=O)Nc2ccccc2F)c1. The molecule has 0 spiro atoms. The van der Waals surface area contributed by atoms with E-state index in [2.05, 4.69) is 20.2 Å². The number of para-hydroxylation sites is 1. The highest BCUT2D eigenvalue weighted by atomic mass is 32.2. The molecule has 0 radical (unpaired) electrons. The first kappa shape index (κ1) is 21.7. The summed E-state index contributed by atoms with van der Waals surface area (Å²) in [7, 11) is -4.04. The number of hydrogen-bond donors (Lipinski definition) is 2. The highest BCUT2D eigenvalue weighted by molar-refractivity contribution is 7.92. The number of halogens is 1. The number of rotatable bonds is 8. The van der Waals surface area contributed by atoms with Gasteiger partial charge in [0.05, 0.1) is 10.6 Å². The van der Waals surface area contributed by atoms with Crippen molar-refractivity contribution in [1.82, 2.24) is 10.1 Å². The van der Waals surface area contributed by atoms with E-state index in [0.717, 1.165) is 11.6 Å². The Morgan fingerprint density at radius 2 is 1.97 bits per heavy atom. The molecule has 0 saturated carbocycles. The molecule has 164 valence electrons. The molecule has 0 aliphatic carbocycles. The molecule has 4 aromatic rings. The van der Waals surface area contributed by atoms with Gasteiger partial charge in [0.1, 0.15) is 5.82 Å². The predicted molar refractivity (Wildman–Crippen MR) is 118 cm³/mol. The van der Waals surface area contributed by atoms with E-state index in [-0.39, 0.29) is 35.0 Å². The van der Waals surface area contributed by atoms with Gasteiger partial charge in [0.25, 0.3) is 10.0 Å². The summed E-state index contributed by atoms with van der Waals surface area (Å²) in [6.45, 7) is 0. The molecule has 0 bridgehead atoms. The number of hydrogen-bond acceptors (Lipinski definition) is 7. The highest BCUT2D eigenvalue weighted by Crippen LogP contribution is 2.22. The van der Waals surface area contributed by atoms with Crippen LogP contribution in [0.3, 0.4) is 0 Å². The summed E-state index contributed by atoms with van der Waals surface area (Å²) in [6.07, 6.45) is 0.297. The Labute approximate surface area is 187 Å². The van der Waals surface area contributed by atoms with Gasteiger partial charge >= 0.3 is 0 Å². The second-order valence-corrected chi connectivity index (χ2v) is 9.15. The van der Waals surface area contributed by atoms with E-state index in [9.17, 15) is 17.6 Å². The number of carbonyl (C=O) groups excluding carboxylic acids is 1. The Bertz CT molecular complexity index is 1340. The molecule has 0 aliphatic heterocycles. The lowest BCUT2D eigenvalue weighted by molar-refractivity contribution is -0.116. The van der Waals surface area contributed by atoms with E-state index in [1.165, 1.54) is 47.7 Å². The first-order valence-electron chi connectivity index (χ1n) is 9.43. The molecule has 2 aromatic carbocycles. The molecule has 11 heteroatoms. The maximum absolute atomic E-state index is 13.8. The number of sulfonamides is 1. The largest absolute Gasteiger partial charge is 0.339 e. The summed E-state index contributed by atoms with van der Waals surface area (Å²) in [5.74, 6) is -0.255. The summed E-state index contributed by atoms with van der Waals surface area (Å²) >= 11 is 1.52. The topological polar surface area (TPSA) is 114 Å². The number of nitrogens with zero attached hydrogens (tertiary/aromatic N) is 2. The number of carbonyl (C=O) groups is 1. The molecule has 32 heavy (non-hydrogen) atoms. The lowest BCUT2D eigenvalue weighted by Crippen LogP contribution is -2.16. The maximum atomic E-state index is 13.8. The van der Waals surface area contributed by atoms with Crippen LogP contribution in [-0.4, -0.2) is 24.5 Å². The van der Waals surface area contributed by atoms with Gasteiger partial charge in [0.2, 0.25) is 17.6 Å². The van der Waals surface area contributed by atoms with Crippen LogP contribution in [0, 0.1) is 5.82 Å². The Morgan fingerprint density at radius 3 is 2.75 bits per heavy atom. The second kappa shape index (κ2) is 9.28. The Balaban J connectivity index is 1.38. The fourth-order valence-corrected chi connectivity index (χ4v) is 4.55. The zero-order valence-electron chi connectivity index (χ0n) is 16.5. The predicted octanol–water partition coefficient (Wildman–Crippen LogP) is 4.31. The van der Waals surface area contributed by atoms with Crippen molar-refractivity contribution in [2.45, 2.75) is 17.7 Å². The van der Waals surface area contributed by atoms with Gasteiger partial charge in [-0.05, 0) is 41.8 Å². The highest BCUT2D eigenvalue weighted by Gasteiger charge is 2.17. The van der Waals surface area contributed by atoms with Gasteiger partial charge in [-0.1, -0.05) is 23.4 Å². The number of amides is 1. The first-order chi connectivity index (χ1) is 15.4. The van der Waals surface area contributed by atoms with Gasteiger partial charge in [-0.3, -0.25) is 9.52 Å². The quantitative estimate of drug-likeness (QED) is 0.395. The summed E-state index contributed by atoms with van der Waals surface area (Å²) < 4.78 is 46.3. The van der Waals surface area contributed by atoms with Crippen molar-refractivity contribution in [3.63, 3.8) is 0 Å². The molecule has 0 atom stereocenters. The summed E-state index contributed by atoms with van der Waals surface area (Å²) in [6, 6.07) is 13.0. The molecule has 2 aromatic heterocycles. The van der Waals surface area contributed by atoms with Crippen LogP contribution in [0.4, 0.5) is 15.8 Å². The number of nitrogens with one attached hydrogen (secondary N) is 2. The van der Waals surface area contributed by atoms with E-state index in [4.69, 9.17) is 4.52 Å². The van der Waals surface area contributed by atoms with Gasteiger partial charge in [-0.15, -0.1) is 0 Å². The molecule has 1 amide bonds. The second-order valence-electron chi connectivity index (χ2n) is 6.69. The van der Waals surface area contributed by atoms with Crippen molar-refractivity contribution in [3.8, 4) is 11.4 Å². The van der Waals surface area contributed by atoms with E-state index >= 15 is 0 Å². The molecule has 0 saturated heterocycles. The molecule has 2 N–H and O–H groups in total. The minimum Gasteiger partial charge on any atom is -0.339 e. The van der Waals surface area contributed by atoms with E-state index in [0.29, 0.717) is 11.7 Å². The molecule has 0 unspecified atom stereocenters. The molecule has 4 rings (SSSR count). The third-order valence-electron chi connectivity index (χ3n) is 4.36. The van der Waals surface area contributed by atoms with E-state index < -0.39 is 15.8 Å². The summed E-state index contributed by atoms with van der Waals surface area (Å²) in [4.78, 5) is 16.4. The molecular formula is C21H17FN4O4S2. The third-order valence-corrected chi connectivity index (χ3v) is 6.41. The van der Waals surface area contributed by atoms with Crippen LogP contribution in [0.15, 0.2) is 74.8 Å². The number of anilines is 2. The lowest BCUT2D eigenvalue weighted by atomic mass is 10.2. The molecular weight excluding hydrogens is 455 g/mol. The van der Waals surface area contributed by atoms with Crippen LogP contribution >= 0.6 is 11.3 Å². The third kappa shape index (κ3) is 5.18. The number of aromatic nitrogens is 2. The van der Waals surface area contributed by atoms with Crippen molar-refractivity contribution < 1.29 is 22.1 Å². The van der Waals surface area contributed by atoms with Crippen molar-refractivity contribution in [1.29, 1.82) is 0 Å². The van der Waals surface area contributed by atoms with E-state index in [1.807, 2.05) is 16.8 Å². The maximum Gasteiger partial charge on any atom is 0.262 e. The molecule has 0 aliphatic rings. The normalized spacial score (nSPS) is 11.3. The van der Waals surface area contributed by atoms with Crippen molar-refractivity contribution in [2.24, 2.45) is 0 Å². The molecule has 8 nitrogen and oxygen atoms in total. The zero-order valence-corrected chi connectivity index (χ0v) is 18.1. The minimum atomic E-state index is -4.04. The number of thiophene rings is 1. The van der Waals surface area contributed by atoms with Crippen molar-refractivity contribution in [3.05, 3.63) is 77.1 Å². The average molecular weight is 473 g/mol. The van der Waals surface area contributed by atoms with E-state index in [1.54, 1.807) is 6.07 Å². The smallest absolute Gasteiger partial charge is 0.262 e. The summed E-state index contributed by atoms with van der Waals surface area (Å²) in [5, 5.41) is 10.3. The Morgan fingerprint density at radius 1 is 1.12 bits per heavy atom. The number of aryl methyl sites for hydroxylation is 1. The Hall–Kier alpha value is -3.57.